The van der Waals surface area contributed by atoms with Gasteiger partial charge in [0.15, 0.2) is 0 Å². The fraction of sp³-hybridized carbons (Fsp3) is 0.250. The van der Waals surface area contributed by atoms with Crippen molar-refractivity contribution in [3.63, 3.8) is 0 Å². The van der Waals surface area contributed by atoms with E-state index in [0.717, 1.165) is 12.7 Å². The first-order chi connectivity index (χ1) is 6.55. The lowest BCUT2D eigenvalue weighted by molar-refractivity contribution is 0.315. The summed E-state index contributed by atoms with van der Waals surface area (Å²) in [4.78, 5) is 12.2. The Kier molecular flexibility index (Phi) is 3.52. The number of nitrogens with zero attached hydrogens (tertiary/aromatic N) is 2. The summed E-state index contributed by atoms with van der Waals surface area (Å²) in [7, 11) is -2.79. The maximum atomic E-state index is 10.9. The fourth-order valence-electron chi connectivity index (χ4n) is 0.817. The maximum Gasteiger partial charge on any atom is 0.469 e. The predicted molar refractivity (Wildman–Crippen MR) is 52.5 cm³/mol. The topological polar surface area (TPSA) is 71.2 Å². The molecule has 1 aromatic carbocycles. The first-order valence-electron chi connectivity index (χ1n) is 3.92. The van der Waals surface area contributed by atoms with E-state index < -0.39 is 7.75 Å². The van der Waals surface area contributed by atoms with Crippen LogP contribution in [0.25, 0.3) is 0 Å². The standard InChI is InChI=1S/C8H11N2O3P/c1-7-5-3-4-6-8(7)9-10-14(11,12)13-2/h3-6H,1-2H3,(H,11,12). The van der Waals surface area contributed by atoms with Crippen molar-refractivity contribution in [2.24, 2.45) is 10.00 Å². The summed E-state index contributed by atoms with van der Waals surface area (Å²) in [5.41, 5.74) is 1.44. The largest absolute Gasteiger partial charge is 0.469 e. The molecule has 0 radical (unpaired) electrons. The van der Waals surface area contributed by atoms with Crippen molar-refractivity contribution in [3.05, 3.63) is 29.8 Å². The van der Waals surface area contributed by atoms with Gasteiger partial charge in [0, 0.05) is 7.11 Å². The predicted octanol–water partition coefficient (Wildman–Crippen LogP) is 2.83. The number of hydrogen-bond acceptors (Lipinski definition) is 3. The molecule has 6 heteroatoms. The first kappa shape index (κ1) is 11.0. The Labute approximate surface area is 82.0 Å². The van der Waals surface area contributed by atoms with Crippen LogP contribution < -0.4 is 0 Å². The molecule has 1 unspecified atom stereocenters. The lowest BCUT2D eigenvalue weighted by Crippen LogP contribution is -1.77. The van der Waals surface area contributed by atoms with Crippen molar-refractivity contribution < 1.29 is 14.0 Å². The molecule has 5 nitrogen and oxygen atoms in total. The van der Waals surface area contributed by atoms with Gasteiger partial charge < -0.3 is 4.89 Å². The number of aryl methyl sites for hydroxylation is 1. The maximum absolute atomic E-state index is 10.9. The minimum atomic E-state index is -3.90. The summed E-state index contributed by atoms with van der Waals surface area (Å²) in [5.74, 6) is 0. The molecule has 1 rings (SSSR count). The minimum absolute atomic E-state index is 0.554. The second kappa shape index (κ2) is 4.46. The van der Waals surface area contributed by atoms with E-state index in [0.29, 0.717) is 5.69 Å². The van der Waals surface area contributed by atoms with Crippen LogP contribution in [0, 0.1) is 6.92 Å². The Bertz CT molecular complexity index is 392. The van der Waals surface area contributed by atoms with E-state index in [1.165, 1.54) is 0 Å². The Morgan fingerprint density at radius 1 is 1.43 bits per heavy atom. The highest BCUT2D eigenvalue weighted by Gasteiger charge is 2.14. The number of hydrogen-bond donors (Lipinski definition) is 1. The normalized spacial score (nSPS) is 15.6. The zero-order chi connectivity index (χ0) is 10.6. The van der Waals surface area contributed by atoms with Gasteiger partial charge in [-0.25, -0.2) is 4.57 Å². The van der Waals surface area contributed by atoms with Gasteiger partial charge in [0.25, 0.3) is 0 Å². The summed E-state index contributed by atoms with van der Waals surface area (Å²) in [6.45, 7) is 1.84. The third-order valence-corrected chi connectivity index (χ3v) is 2.41. The van der Waals surface area contributed by atoms with Crippen LogP contribution in [0.5, 0.6) is 0 Å². The summed E-state index contributed by atoms with van der Waals surface area (Å²) in [5, 5.41) is 3.64. The Hall–Kier alpha value is -1.03. The van der Waals surface area contributed by atoms with E-state index in [1.807, 2.05) is 19.1 Å². The van der Waals surface area contributed by atoms with E-state index in [1.54, 1.807) is 12.1 Å². The van der Waals surface area contributed by atoms with Gasteiger partial charge in [0.2, 0.25) is 0 Å². The van der Waals surface area contributed by atoms with Crippen LogP contribution in [0.1, 0.15) is 5.56 Å². The van der Waals surface area contributed by atoms with Crippen LogP contribution in [-0.2, 0) is 9.09 Å². The lowest BCUT2D eigenvalue weighted by Gasteiger charge is -2.00. The van der Waals surface area contributed by atoms with Gasteiger partial charge in [0.1, 0.15) is 0 Å². The molecule has 0 aliphatic carbocycles. The van der Waals surface area contributed by atoms with Crippen LogP contribution in [0.15, 0.2) is 34.3 Å². The van der Waals surface area contributed by atoms with Crippen molar-refractivity contribution >= 4 is 13.4 Å². The second-order valence-corrected chi connectivity index (χ2v) is 4.17. The minimum Gasteiger partial charge on any atom is -0.306 e. The molecule has 0 aromatic heterocycles. The molecule has 0 heterocycles. The van der Waals surface area contributed by atoms with E-state index in [-0.39, 0.29) is 0 Å². The average molecular weight is 214 g/mol. The van der Waals surface area contributed by atoms with Gasteiger partial charge in [-0.2, -0.15) is 0 Å². The highest BCUT2D eigenvalue weighted by molar-refractivity contribution is 7.51. The molecule has 0 spiro atoms. The zero-order valence-electron chi connectivity index (χ0n) is 7.91. The van der Waals surface area contributed by atoms with Crippen molar-refractivity contribution in [1.82, 2.24) is 0 Å². The summed E-state index contributed by atoms with van der Waals surface area (Å²) in [6.07, 6.45) is 0. The van der Waals surface area contributed by atoms with Crippen LogP contribution in [0.4, 0.5) is 5.69 Å². The van der Waals surface area contributed by atoms with E-state index in [4.69, 9.17) is 4.89 Å². The Morgan fingerprint density at radius 2 is 2.07 bits per heavy atom. The molecule has 0 fully saturated rings. The van der Waals surface area contributed by atoms with Gasteiger partial charge in [0.05, 0.1) is 5.69 Å². The van der Waals surface area contributed by atoms with Gasteiger partial charge in [-0.05, 0) is 18.6 Å². The van der Waals surface area contributed by atoms with Crippen molar-refractivity contribution in [2.75, 3.05) is 7.11 Å². The quantitative estimate of drug-likeness (QED) is 0.621. The molecule has 1 atom stereocenters. The molecule has 0 bridgehead atoms. The molecule has 0 amide bonds. The van der Waals surface area contributed by atoms with Crippen molar-refractivity contribution in [3.8, 4) is 0 Å². The van der Waals surface area contributed by atoms with Crippen molar-refractivity contribution in [2.45, 2.75) is 6.92 Å². The van der Waals surface area contributed by atoms with Crippen molar-refractivity contribution in [1.29, 1.82) is 0 Å². The zero-order valence-corrected chi connectivity index (χ0v) is 8.81. The van der Waals surface area contributed by atoms with Gasteiger partial charge in [-0.3, -0.25) is 4.52 Å². The molecular formula is C8H11N2O3P. The molecule has 0 aliphatic heterocycles. The van der Waals surface area contributed by atoms with Crippen LogP contribution >= 0.6 is 7.75 Å². The van der Waals surface area contributed by atoms with Gasteiger partial charge in [-0.15, -0.1) is 5.11 Å². The lowest BCUT2D eigenvalue weighted by atomic mass is 10.2. The monoisotopic (exact) mass is 214 g/mol. The van der Waals surface area contributed by atoms with Gasteiger partial charge in [-0.1, -0.05) is 23.1 Å². The van der Waals surface area contributed by atoms with E-state index in [2.05, 4.69) is 14.5 Å². The molecule has 14 heavy (non-hydrogen) atoms. The number of rotatable bonds is 3. The molecular weight excluding hydrogens is 203 g/mol. The first-order valence-corrected chi connectivity index (χ1v) is 5.45. The smallest absolute Gasteiger partial charge is 0.306 e. The van der Waals surface area contributed by atoms with E-state index in [9.17, 15) is 4.57 Å². The molecule has 0 saturated heterocycles. The molecule has 0 saturated carbocycles. The highest BCUT2D eigenvalue weighted by Crippen LogP contribution is 2.43. The van der Waals surface area contributed by atoms with Crippen LogP contribution in [0.3, 0.4) is 0 Å². The Morgan fingerprint density at radius 3 is 2.64 bits per heavy atom. The van der Waals surface area contributed by atoms with Crippen LogP contribution in [-0.4, -0.2) is 12.0 Å². The molecule has 76 valence electrons. The van der Waals surface area contributed by atoms with E-state index >= 15 is 0 Å². The fourth-order valence-corrected chi connectivity index (χ4v) is 1.10. The third kappa shape index (κ3) is 3.03. The molecule has 1 aromatic rings. The molecule has 0 aliphatic rings. The van der Waals surface area contributed by atoms with Gasteiger partial charge >= 0.3 is 7.75 Å². The second-order valence-electron chi connectivity index (χ2n) is 2.65. The summed E-state index contributed by atoms with van der Waals surface area (Å²) < 4.78 is 15.2. The number of benzene rings is 1. The summed E-state index contributed by atoms with van der Waals surface area (Å²) >= 11 is 0. The Balaban J connectivity index is 2.89. The SMILES string of the molecule is COP(=O)(O)N=Nc1ccccc1C. The van der Waals surface area contributed by atoms with Crippen LogP contribution in [0.2, 0.25) is 0 Å². The third-order valence-electron chi connectivity index (χ3n) is 1.62. The highest BCUT2D eigenvalue weighted by atomic mass is 31.2. The average Bonchev–Trinajstić information content (AvgIpc) is 2.17. The molecule has 1 N–H and O–H groups in total. The summed E-state index contributed by atoms with van der Waals surface area (Å²) in [6, 6.07) is 7.16.